The molecule has 2 fully saturated rings. The number of carboxylic acids is 1. The number of carbonyl (C=O) groups excluding carboxylic acids is 2. The number of anilines is 1. The minimum atomic E-state index is -0.988. The summed E-state index contributed by atoms with van der Waals surface area (Å²) in [5.74, 6) is -2.34. The Morgan fingerprint density at radius 3 is 2.39 bits per heavy atom. The Bertz CT molecular complexity index is 1210. The number of hydrogen-bond donors (Lipinski definition) is 3. The summed E-state index contributed by atoms with van der Waals surface area (Å²) in [6, 6.07) is 9.99. The van der Waals surface area contributed by atoms with E-state index in [1.807, 2.05) is 24.3 Å². The summed E-state index contributed by atoms with van der Waals surface area (Å²) in [6.07, 6.45) is 2.52. The lowest BCUT2D eigenvalue weighted by atomic mass is 9.63. The van der Waals surface area contributed by atoms with Gasteiger partial charge in [-0.2, -0.15) is 0 Å². The Balaban J connectivity index is 1.74. The molecule has 1 saturated heterocycles. The molecule has 1 saturated carbocycles. The minimum absolute atomic E-state index is 0.0275. The monoisotopic (exact) mass is 515 g/mol. The molecule has 0 aromatic heterocycles. The number of likely N-dealkylation sites (tertiary alicyclic amines) is 1. The molecule has 2 amide bonds. The van der Waals surface area contributed by atoms with E-state index in [-0.39, 0.29) is 34.5 Å². The predicted molar refractivity (Wildman–Crippen MR) is 136 cm³/mol. The quantitative estimate of drug-likeness (QED) is 0.479. The first-order valence-electron chi connectivity index (χ1n) is 12.1. The average Bonchev–Trinajstić information content (AvgIpc) is 2.78. The molecule has 0 bridgehead atoms. The number of carbonyl (C=O) groups is 3. The molecule has 0 unspecified atom stereocenters. The molecule has 7 nitrogen and oxygen atoms in total. The standard InChI is InChI=1S/C27H31ClFN3O4/c1-16(2)17-7-4-5-8-19(17)27(14-32(15-27)26(9-6-10-26)13-23(33)34)25(36)31-22-12-21(29)20(28)11-18(22)24(35)30-3/h4-5,7-8,11-12,16H,6,9-10,13-15H2,1-3H3,(H,30,35)(H,31,36)(H,33,34). The second-order valence-electron chi connectivity index (χ2n) is 10.2. The smallest absolute Gasteiger partial charge is 0.305 e. The van der Waals surface area contributed by atoms with E-state index in [9.17, 15) is 23.9 Å². The second kappa shape index (κ2) is 9.82. The molecule has 1 aliphatic heterocycles. The molecular weight excluding hydrogens is 485 g/mol. The fraction of sp³-hybridized carbons (Fsp3) is 0.444. The van der Waals surface area contributed by atoms with Gasteiger partial charge >= 0.3 is 5.97 Å². The van der Waals surface area contributed by atoms with Crippen LogP contribution in [-0.4, -0.2) is 53.5 Å². The van der Waals surface area contributed by atoms with Crippen LogP contribution < -0.4 is 10.6 Å². The normalized spacial score (nSPS) is 18.2. The molecule has 2 aromatic carbocycles. The van der Waals surface area contributed by atoms with Gasteiger partial charge in [0.25, 0.3) is 5.91 Å². The van der Waals surface area contributed by atoms with Gasteiger partial charge in [0.1, 0.15) is 5.82 Å². The highest BCUT2D eigenvalue weighted by Gasteiger charge is 2.59. The Kier molecular flexibility index (Phi) is 7.12. The van der Waals surface area contributed by atoms with E-state index < -0.39 is 28.6 Å². The number of halogens is 2. The number of carboxylic acid groups (broad SMARTS) is 1. The van der Waals surface area contributed by atoms with Gasteiger partial charge in [0.05, 0.1) is 28.1 Å². The third-order valence-corrected chi connectivity index (χ3v) is 7.96. The van der Waals surface area contributed by atoms with Crippen molar-refractivity contribution in [3.63, 3.8) is 0 Å². The first-order chi connectivity index (χ1) is 17.0. The van der Waals surface area contributed by atoms with E-state index in [0.717, 1.165) is 36.5 Å². The van der Waals surface area contributed by atoms with Crippen molar-refractivity contribution in [1.29, 1.82) is 0 Å². The molecular formula is C27H31ClFN3O4. The molecule has 0 spiro atoms. The first kappa shape index (κ1) is 26.1. The minimum Gasteiger partial charge on any atom is -0.481 e. The van der Waals surface area contributed by atoms with Crippen molar-refractivity contribution in [3.8, 4) is 0 Å². The second-order valence-corrected chi connectivity index (χ2v) is 10.6. The van der Waals surface area contributed by atoms with Crippen molar-refractivity contribution in [2.24, 2.45) is 0 Å². The topological polar surface area (TPSA) is 98.7 Å². The zero-order valence-electron chi connectivity index (χ0n) is 20.7. The van der Waals surface area contributed by atoms with Crippen molar-refractivity contribution < 1.29 is 23.9 Å². The first-order valence-corrected chi connectivity index (χ1v) is 12.5. The highest BCUT2D eigenvalue weighted by atomic mass is 35.5. The number of nitrogens with zero attached hydrogens (tertiary/aromatic N) is 1. The SMILES string of the molecule is CNC(=O)c1cc(Cl)c(F)cc1NC(=O)C1(c2ccccc2C(C)C)CN(C2(CC(=O)O)CCC2)C1. The van der Waals surface area contributed by atoms with Gasteiger partial charge in [0.15, 0.2) is 0 Å². The lowest BCUT2D eigenvalue weighted by molar-refractivity contribution is -0.151. The molecule has 0 atom stereocenters. The van der Waals surface area contributed by atoms with Crippen molar-refractivity contribution >= 4 is 35.1 Å². The summed E-state index contributed by atoms with van der Waals surface area (Å²) < 4.78 is 14.4. The van der Waals surface area contributed by atoms with Gasteiger partial charge in [-0.05, 0) is 48.4 Å². The molecule has 36 heavy (non-hydrogen) atoms. The molecule has 9 heteroatoms. The summed E-state index contributed by atoms with van der Waals surface area (Å²) in [6.45, 7) is 4.77. The van der Waals surface area contributed by atoms with E-state index in [1.165, 1.54) is 13.1 Å². The van der Waals surface area contributed by atoms with Crippen LogP contribution in [0.25, 0.3) is 0 Å². The van der Waals surface area contributed by atoms with Crippen LogP contribution in [0.4, 0.5) is 10.1 Å². The number of hydrogen-bond acceptors (Lipinski definition) is 4. The van der Waals surface area contributed by atoms with Crippen LogP contribution >= 0.6 is 11.6 Å². The average molecular weight is 516 g/mol. The molecule has 192 valence electrons. The van der Waals surface area contributed by atoms with E-state index in [4.69, 9.17) is 11.6 Å². The number of amides is 2. The summed E-state index contributed by atoms with van der Waals surface area (Å²) in [5, 5.41) is 14.6. The maximum absolute atomic E-state index is 14.4. The van der Waals surface area contributed by atoms with Gasteiger partial charge in [-0.1, -0.05) is 49.7 Å². The van der Waals surface area contributed by atoms with Crippen LogP contribution in [0.5, 0.6) is 0 Å². The zero-order chi connectivity index (χ0) is 26.3. The van der Waals surface area contributed by atoms with Crippen LogP contribution in [0.15, 0.2) is 36.4 Å². The molecule has 3 N–H and O–H groups in total. The Labute approximate surface area is 215 Å². The van der Waals surface area contributed by atoms with Gasteiger partial charge in [0.2, 0.25) is 5.91 Å². The van der Waals surface area contributed by atoms with E-state index in [0.29, 0.717) is 13.1 Å². The fourth-order valence-electron chi connectivity index (χ4n) is 5.50. The largest absolute Gasteiger partial charge is 0.481 e. The number of rotatable bonds is 8. The van der Waals surface area contributed by atoms with E-state index in [2.05, 4.69) is 29.4 Å². The third kappa shape index (κ3) is 4.48. The van der Waals surface area contributed by atoms with Crippen LogP contribution in [0.3, 0.4) is 0 Å². The molecule has 0 radical (unpaired) electrons. The predicted octanol–water partition coefficient (Wildman–Crippen LogP) is 4.55. The Morgan fingerprint density at radius 2 is 1.83 bits per heavy atom. The highest BCUT2D eigenvalue weighted by Crippen LogP contribution is 2.50. The summed E-state index contributed by atoms with van der Waals surface area (Å²) >= 11 is 5.91. The van der Waals surface area contributed by atoms with Gasteiger partial charge in [0, 0.05) is 25.7 Å². The fourth-order valence-corrected chi connectivity index (χ4v) is 5.66. The van der Waals surface area contributed by atoms with Crippen molar-refractivity contribution in [3.05, 3.63) is 63.9 Å². The van der Waals surface area contributed by atoms with Crippen LogP contribution in [0.2, 0.25) is 5.02 Å². The Morgan fingerprint density at radius 1 is 1.17 bits per heavy atom. The third-order valence-electron chi connectivity index (χ3n) is 7.67. The van der Waals surface area contributed by atoms with Crippen LogP contribution in [-0.2, 0) is 15.0 Å². The molecule has 2 aliphatic rings. The lowest BCUT2D eigenvalue weighted by Crippen LogP contribution is -2.73. The van der Waals surface area contributed by atoms with Gasteiger partial charge in [-0.15, -0.1) is 0 Å². The van der Waals surface area contributed by atoms with Gasteiger partial charge < -0.3 is 15.7 Å². The molecule has 2 aromatic rings. The van der Waals surface area contributed by atoms with E-state index in [1.54, 1.807) is 0 Å². The molecule has 4 rings (SSSR count). The summed E-state index contributed by atoms with van der Waals surface area (Å²) in [5.41, 5.74) is 0.517. The maximum Gasteiger partial charge on any atom is 0.305 e. The van der Waals surface area contributed by atoms with Crippen LogP contribution in [0, 0.1) is 5.82 Å². The Hall–Kier alpha value is -2.97. The lowest BCUT2D eigenvalue weighted by Gasteiger charge is -2.61. The van der Waals surface area contributed by atoms with Gasteiger partial charge in [-0.25, -0.2) is 4.39 Å². The maximum atomic E-state index is 14.4. The van der Waals surface area contributed by atoms with Crippen molar-refractivity contribution in [2.75, 3.05) is 25.5 Å². The molecule has 1 heterocycles. The summed E-state index contributed by atoms with van der Waals surface area (Å²) in [7, 11) is 1.44. The van der Waals surface area contributed by atoms with Crippen molar-refractivity contribution in [2.45, 2.75) is 56.4 Å². The molecule has 1 aliphatic carbocycles. The zero-order valence-corrected chi connectivity index (χ0v) is 21.4. The number of benzene rings is 2. The summed E-state index contributed by atoms with van der Waals surface area (Å²) in [4.78, 5) is 40.2. The number of nitrogens with one attached hydrogen (secondary N) is 2. The van der Waals surface area contributed by atoms with E-state index >= 15 is 0 Å². The van der Waals surface area contributed by atoms with Gasteiger partial charge in [-0.3, -0.25) is 19.3 Å². The highest BCUT2D eigenvalue weighted by molar-refractivity contribution is 6.31. The van der Waals surface area contributed by atoms with Crippen molar-refractivity contribution in [1.82, 2.24) is 10.2 Å². The number of aliphatic carboxylic acids is 1. The van der Waals surface area contributed by atoms with Crippen LogP contribution in [0.1, 0.15) is 66.9 Å².